The van der Waals surface area contributed by atoms with Gasteiger partial charge in [0.1, 0.15) is 5.78 Å². The zero-order valence-electron chi connectivity index (χ0n) is 13.0. The molecule has 0 heterocycles. The minimum absolute atomic E-state index is 0.0903. The van der Waals surface area contributed by atoms with Crippen molar-refractivity contribution in [3.63, 3.8) is 0 Å². The van der Waals surface area contributed by atoms with Crippen LogP contribution in [0.5, 0.6) is 0 Å². The number of hydrogen-bond acceptors (Lipinski definition) is 2. The lowest BCUT2D eigenvalue weighted by molar-refractivity contribution is -0.144. The number of rotatable bonds is 3. The van der Waals surface area contributed by atoms with Gasteiger partial charge >= 0.3 is 0 Å². The second-order valence-corrected chi connectivity index (χ2v) is 7.22. The number of aliphatic hydroxyl groups excluding tert-OH is 1. The Morgan fingerprint density at radius 1 is 1.47 bits per heavy atom. The Labute approximate surface area is 117 Å². The molecule has 3 fully saturated rings. The summed E-state index contributed by atoms with van der Waals surface area (Å²) in [6.45, 7) is 11.2. The molecule has 0 aromatic carbocycles. The summed E-state index contributed by atoms with van der Waals surface area (Å²) in [5.41, 5.74) is 2.83. The van der Waals surface area contributed by atoms with Crippen LogP contribution in [0.1, 0.15) is 53.9 Å². The molecule has 0 unspecified atom stereocenters. The van der Waals surface area contributed by atoms with Crippen LogP contribution in [0.15, 0.2) is 11.1 Å². The number of aliphatic hydroxyl groups is 1. The predicted molar refractivity (Wildman–Crippen MR) is 77.7 cm³/mol. The lowest BCUT2D eigenvalue weighted by atomic mass is 9.47. The second-order valence-electron chi connectivity index (χ2n) is 7.22. The summed E-state index contributed by atoms with van der Waals surface area (Å²) in [7, 11) is 0. The smallest absolute Gasteiger partial charge is 0.143 e. The van der Waals surface area contributed by atoms with Gasteiger partial charge in [-0.1, -0.05) is 31.9 Å². The molecule has 0 aromatic heterocycles. The predicted octanol–water partition coefficient (Wildman–Crippen LogP) is 3.59. The Balaban J connectivity index is 2.37. The normalized spacial score (nSPS) is 39.6. The number of Topliss-reactive ketones (excluding diaryl/α,β-unsaturated/α-hetero) is 1. The standard InChI is InChI=1S/C17H28O2/c1-10(2)14-9-17(5)12(4)16(19)13(14)8-15(17)11(3)6-7-18/h11-13,15,18H,6-9H2,1-5H3/t11-,12+,13-,15-,17+/m1/s1. The van der Waals surface area contributed by atoms with Crippen molar-refractivity contribution < 1.29 is 9.90 Å². The molecular weight excluding hydrogens is 236 g/mol. The first-order chi connectivity index (χ1) is 8.82. The van der Waals surface area contributed by atoms with Gasteiger partial charge in [-0.3, -0.25) is 4.79 Å². The van der Waals surface area contributed by atoms with Crippen molar-refractivity contribution in [2.24, 2.45) is 29.1 Å². The van der Waals surface area contributed by atoms with E-state index in [4.69, 9.17) is 0 Å². The van der Waals surface area contributed by atoms with Crippen LogP contribution in [-0.2, 0) is 4.79 Å². The zero-order valence-corrected chi connectivity index (χ0v) is 13.0. The molecule has 0 radical (unpaired) electrons. The maximum absolute atomic E-state index is 12.5. The third-order valence-corrected chi connectivity index (χ3v) is 6.00. The summed E-state index contributed by atoms with van der Waals surface area (Å²) in [6, 6.07) is 0. The molecule has 0 aromatic rings. The molecule has 2 nitrogen and oxygen atoms in total. The number of carbonyl (C=O) groups excluding carboxylic acids is 1. The molecule has 3 aliphatic rings. The number of carbonyl (C=O) groups is 1. The Bertz CT molecular complexity index is 405. The summed E-state index contributed by atoms with van der Waals surface area (Å²) < 4.78 is 0. The lowest BCUT2D eigenvalue weighted by Crippen LogP contribution is -2.54. The van der Waals surface area contributed by atoms with Crippen molar-refractivity contribution in [3.05, 3.63) is 11.1 Å². The zero-order chi connectivity index (χ0) is 14.4. The van der Waals surface area contributed by atoms with Crippen molar-refractivity contribution in [2.75, 3.05) is 6.61 Å². The molecule has 3 saturated carbocycles. The highest BCUT2D eigenvalue weighted by molar-refractivity contribution is 5.89. The van der Waals surface area contributed by atoms with Gasteiger partial charge in [-0.15, -0.1) is 0 Å². The Hall–Kier alpha value is -0.630. The molecule has 0 spiro atoms. The molecule has 0 saturated heterocycles. The second kappa shape index (κ2) is 5.05. The topological polar surface area (TPSA) is 37.3 Å². The van der Waals surface area contributed by atoms with Crippen molar-refractivity contribution in [1.82, 2.24) is 0 Å². The van der Waals surface area contributed by atoms with E-state index >= 15 is 0 Å². The highest BCUT2D eigenvalue weighted by atomic mass is 16.3. The fourth-order valence-corrected chi connectivity index (χ4v) is 4.53. The molecule has 2 bridgehead atoms. The van der Waals surface area contributed by atoms with Gasteiger partial charge in [0, 0.05) is 18.4 Å². The summed E-state index contributed by atoms with van der Waals surface area (Å²) in [5.74, 6) is 1.86. The summed E-state index contributed by atoms with van der Waals surface area (Å²) in [5, 5.41) is 9.20. The van der Waals surface area contributed by atoms with Gasteiger partial charge in [0.05, 0.1) is 0 Å². The Morgan fingerprint density at radius 3 is 2.63 bits per heavy atom. The van der Waals surface area contributed by atoms with Crippen LogP contribution >= 0.6 is 0 Å². The fraction of sp³-hybridized carbons (Fsp3) is 0.824. The quantitative estimate of drug-likeness (QED) is 0.791. The van der Waals surface area contributed by atoms with Gasteiger partial charge < -0.3 is 5.11 Å². The molecule has 0 amide bonds. The van der Waals surface area contributed by atoms with E-state index in [0.717, 1.165) is 19.3 Å². The van der Waals surface area contributed by atoms with Crippen LogP contribution in [0.25, 0.3) is 0 Å². The molecule has 1 N–H and O–H groups in total. The number of fused-ring (bicyclic) bond motifs is 3. The van der Waals surface area contributed by atoms with Gasteiger partial charge in [-0.05, 0) is 50.4 Å². The van der Waals surface area contributed by atoms with Crippen LogP contribution in [0.4, 0.5) is 0 Å². The van der Waals surface area contributed by atoms with E-state index in [0.29, 0.717) is 17.6 Å². The Morgan fingerprint density at radius 2 is 2.11 bits per heavy atom. The number of ketones is 1. The average molecular weight is 264 g/mol. The van der Waals surface area contributed by atoms with Crippen molar-refractivity contribution >= 4 is 5.78 Å². The van der Waals surface area contributed by atoms with E-state index < -0.39 is 0 Å². The van der Waals surface area contributed by atoms with Crippen LogP contribution in [0, 0.1) is 29.1 Å². The van der Waals surface area contributed by atoms with Crippen molar-refractivity contribution in [3.8, 4) is 0 Å². The number of hydrogen-bond donors (Lipinski definition) is 1. The van der Waals surface area contributed by atoms with Crippen LogP contribution in [-0.4, -0.2) is 17.5 Å². The van der Waals surface area contributed by atoms with Crippen LogP contribution < -0.4 is 0 Å². The largest absolute Gasteiger partial charge is 0.396 e. The first kappa shape index (κ1) is 14.8. The SMILES string of the molecule is CC(C)=C1C[C@]2(C)[C@@H]([C@H](C)CCO)C[C@H]1C(=O)[C@@H]2C. The van der Waals surface area contributed by atoms with Gasteiger partial charge in [-0.2, -0.15) is 0 Å². The summed E-state index contributed by atoms with van der Waals surface area (Å²) in [4.78, 5) is 12.5. The maximum Gasteiger partial charge on any atom is 0.143 e. The molecule has 3 rings (SSSR count). The van der Waals surface area contributed by atoms with Crippen molar-refractivity contribution in [1.29, 1.82) is 0 Å². The highest BCUT2D eigenvalue weighted by Gasteiger charge is 2.56. The van der Waals surface area contributed by atoms with Gasteiger partial charge in [-0.25, -0.2) is 0 Å². The van der Waals surface area contributed by atoms with Crippen LogP contribution in [0.3, 0.4) is 0 Å². The molecule has 0 aliphatic heterocycles. The molecule has 2 heteroatoms. The highest BCUT2D eigenvalue weighted by Crippen LogP contribution is 2.60. The molecular formula is C17H28O2. The van der Waals surface area contributed by atoms with E-state index in [9.17, 15) is 9.90 Å². The summed E-state index contributed by atoms with van der Waals surface area (Å²) in [6.07, 6.45) is 2.94. The number of allylic oxidation sites excluding steroid dienone is 2. The molecule has 19 heavy (non-hydrogen) atoms. The maximum atomic E-state index is 12.5. The molecule has 3 aliphatic carbocycles. The Kier molecular flexibility index (Phi) is 3.92. The monoisotopic (exact) mass is 264 g/mol. The van der Waals surface area contributed by atoms with Gasteiger partial charge in [0.25, 0.3) is 0 Å². The average Bonchev–Trinajstić information content (AvgIpc) is 2.35. The molecule has 5 atom stereocenters. The van der Waals surface area contributed by atoms with Crippen molar-refractivity contribution in [2.45, 2.75) is 53.9 Å². The first-order valence-corrected chi connectivity index (χ1v) is 7.63. The van der Waals surface area contributed by atoms with E-state index in [-0.39, 0.29) is 23.9 Å². The van der Waals surface area contributed by atoms with Crippen LogP contribution in [0.2, 0.25) is 0 Å². The fourth-order valence-electron chi connectivity index (χ4n) is 4.53. The van der Waals surface area contributed by atoms with Gasteiger partial charge in [0.15, 0.2) is 0 Å². The third kappa shape index (κ3) is 2.18. The van der Waals surface area contributed by atoms with E-state index in [1.807, 2.05) is 0 Å². The molecule has 108 valence electrons. The summed E-state index contributed by atoms with van der Waals surface area (Å²) >= 11 is 0. The minimum atomic E-state index is 0.0903. The minimum Gasteiger partial charge on any atom is -0.396 e. The van der Waals surface area contributed by atoms with Gasteiger partial charge in [0.2, 0.25) is 0 Å². The van der Waals surface area contributed by atoms with E-state index in [1.165, 1.54) is 11.1 Å². The lowest BCUT2D eigenvalue weighted by Gasteiger charge is -2.56. The first-order valence-electron chi connectivity index (χ1n) is 7.63. The van der Waals surface area contributed by atoms with E-state index in [1.54, 1.807) is 0 Å². The van der Waals surface area contributed by atoms with E-state index in [2.05, 4.69) is 34.6 Å². The third-order valence-electron chi connectivity index (χ3n) is 6.00.